The highest BCUT2D eigenvalue weighted by Gasteiger charge is 2.43. The molecule has 2 N–H and O–H groups in total. The van der Waals surface area contributed by atoms with Crippen molar-refractivity contribution in [3.63, 3.8) is 0 Å². The Hall–Kier alpha value is -2.21. The fourth-order valence-electron chi connectivity index (χ4n) is 4.54. The molecule has 26 heavy (non-hydrogen) atoms. The van der Waals surface area contributed by atoms with Gasteiger partial charge in [0.15, 0.2) is 0 Å². The van der Waals surface area contributed by atoms with E-state index in [9.17, 15) is 9.18 Å². The SMILES string of the molecule is CCN1C(=O)[C@@H](N)[C@@H](c2ccc(F)cc2)c2c(C)nn(C3CCCC3)c21. The molecule has 1 aromatic carbocycles. The van der Waals surface area contributed by atoms with Crippen molar-refractivity contribution in [1.29, 1.82) is 0 Å². The smallest absolute Gasteiger partial charge is 0.246 e. The second-order valence-corrected chi connectivity index (χ2v) is 7.34. The second-order valence-electron chi connectivity index (χ2n) is 7.34. The second kappa shape index (κ2) is 6.50. The number of hydrogen-bond acceptors (Lipinski definition) is 3. The van der Waals surface area contributed by atoms with Crippen LogP contribution in [0, 0.1) is 12.7 Å². The van der Waals surface area contributed by atoms with Crippen molar-refractivity contribution in [2.45, 2.75) is 57.5 Å². The molecule has 1 fully saturated rings. The topological polar surface area (TPSA) is 64.2 Å². The van der Waals surface area contributed by atoms with Gasteiger partial charge in [-0.15, -0.1) is 0 Å². The highest BCUT2D eigenvalue weighted by atomic mass is 19.1. The monoisotopic (exact) mass is 356 g/mol. The summed E-state index contributed by atoms with van der Waals surface area (Å²) in [4.78, 5) is 14.8. The number of aromatic nitrogens is 2. The number of nitrogens with two attached hydrogens (primary N) is 1. The van der Waals surface area contributed by atoms with Crippen molar-refractivity contribution >= 4 is 11.7 Å². The zero-order chi connectivity index (χ0) is 18.4. The summed E-state index contributed by atoms with van der Waals surface area (Å²) < 4.78 is 15.5. The molecule has 0 radical (unpaired) electrons. The molecule has 2 aromatic rings. The van der Waals surface area contributed by atoms with E-state index in [1.807, 2.05) is 13.8 Å². The molecule has 4 rings (SSSR count). The van der Waals surface area contributed by atoms with Crippen LogP contribution in [-0.2, 0) is 4.79 Å². The Morgan fingerprint density at radius 1 is 1.23 bits per heavy atom. The molecule has 1 amide bonds. The van der Waals surface area contributed by atoms with E-state index in [4.69, 9.17) is 10.8 Å². The zero-order valence-corrected chi connectivity index (χ0v) is 15.3. The molecule has 138 valence electrons. The molecule has 5 nitrogen and oxygen atoms in total. The molecule has 0 spiro atoms. The van der Waals surface area contributed by atoms with Crippen molar-refractivity contribution in [1.82, 2.24) is 9.78 Å². The number of carbonyl (C=O) groups is 1. The van der Waals surface area contributed by atoms with Gasteiger partial charge >= 0.3 is 0 Å². The molecule has 0 bridgehead atoms. The molecule has 1 aliphatic heterocycles. The minimum atomic E-state index is -0.687. The Balaban J connectivity index is 1.90. The minimum Gasteiger partial charge on any atom is -0.319 e. The quantitative estimate of drug-likeness (QED) is 0.918. The lowest BCUT2D eigenvalue weighted by molar-refractivity contribution is -0.120. The summed E-state index contributed by atoms with van der Waals surface area (Å²) in [5.41, 5.74) is 9.16. The van der Waals surface area contributed by atoms with Gasteiger partial charge in [0, 0.05) is 18.0 Å². The number of benzene rings is 1. The number of halogens is 1. The maximum Gasteiger partial charge on any atom is 0.246 e. The van der Waals surface area contributed by atoms with Gasteiger partial charge in [-0.3, -0.25) is 9.69 Å². The van der Waals surface area contributed by atoms with Crippen LogP contribution in [0.3, 0.4) is 0 Å². The fourth-order valence-corrected chi connectivity index (χ4v) is 4.54. The fraction of sp³-hybridized carbons (Fsp3) is 0.500. The minimum absolute atomic E-state index is 0.0894. The Kier molecular flexibility index (Phi) is 4.31. The largest absolute Gasteiger partial charge is 0.319 e. The lowest BCUT2D eigenvalue weighted by Crippen LogP contribution is -2.52. The molecular weight excluding hydrogens is 331 g/mol. The van der Waals surface area contributed by atoms with E-state index >= 15 is 0 Å². The lowest BCUT2D eigenvalue weighted by Gasteiger charge is -2.37. The third-order valence-electron chi connectivity index (χ3n) is 5.80. The van der Waals surface area contributed by atoms with Crippen LogP contribution in [0.5, 0.6) is 0 Å². The summed E-state index contributed by atoms with van der Waals surface area (Å²) in [5.74, 6) is 0.209. The van der Waals surface area contributed by atoms with Crippen molar-refractivity contribution in [2.75, 3.05) is 11.4 Å². The van der Waals surface area contributed by atoms with Crippen LogP contribution >= 0.6 is 0 Å². The van der Waals surface area contributed by atoms with Gasteiger partial charge in [0.1, 0.15) is 11.6 Å². The van der Waals surface area contributed by atoms with E-state index in [1.165, 1.54) is 25.0 Å². The maximum atomic E-state index is 13.4. The number of fused-ring (bicyclic) bond motifs is 1. The van der Waals surface area contributed by atoms with Crippen LogP contribution in [0.2, 0.25) is 0 Å². The van der Waals surface area contributed by atoms with Crippen LogP contribution in [0.1, 0.15) is 61.4 Å². The molecule has 1 saturated carbocycles. The van der Waals surface area contributed by atoms with Gasteiger partial charge in [-0.25, -0.2) is 9.07 Å². The first-order chi connectivity index (χ1) is 12.5. The maximum absolute atomic E-state index is 13.4. The van der Waals surface area contributed by atoms with E-state index in [1.54, 1.807) is 17.0 Å². The molecular formula is C20H25FN4O. The first-order valence-electron chi connectivity index (χ1n) is 9.44. The highest BCUT2D eigenvalue weighted by Crippen LogP contribution is 2.44. The summed E-state index contributed by atoms with van der Waals surface area (Å²) in [6.45, 7) is 4.51. The first kappa shape index (κ1) is 17.2. The highest BCUT2D eigenvalue weighted by molar-refractivity contribution is 6.01. The van der Waals surface area contributed by atoms with Gasteiger partial charge in [0.2, 0.25) is 5.91 Å². The molecule has 1 aromatic heterocycles. The Bertz CT molecular complexity index is 823. The predicted molar refractivity (Wildman–Crippen MR) is 98.7 cm³/mol. The van der Waals surface area contributed by atoms with Gasteiger partial charge in [0.05, 0.1) is 17.8 Å². The Morgan fingerprint density at radius 3 is 2.50 bits per heavy atom. The van der Waals surface area contributed by atoms with Crippen molar-refractivity contribution in [2.24, 2.45) is 5.73 Å². The van der Waals surface area contributed by atoms with Crippen LogP contribution in [0.4, 0.5) is 10.2 Å². The first-order valence-corrected chi connectivity index (χ1v) is 9.44. The summed E-state index contributed by atoms with van der Waals surface area (Å²) in [5, 5.41) is 4.83. The van der Waals surface area contributed by atoms with Crippen LogP contribution in [-0.4, -0.2) is 28.3 Å². The predicted octanol–water partition coefficient (Wildman–Crippen LogP) is 3.27. The van der Waals surface area contributed by atoms with Crippen molar-refractivity contribution in [3.8, 4) is 0 Å². The van der Waals surface area contributed by atoms with Crippen LogP contribution in [0.25, 0.3) is 0 Å². The number of aryl methyl sites for hydroxylation is 1. The zero-order valence-electron chi connectivity index (χ0n) is 15.3. The van der Waals surface area contributed by atoms with Crippen LogP contribution < -0.4 is 10.6 Å². The van der Waals surface area contributed by atoms with E-state index in [0.717, 1.165) is 35.5 Å². The van der Waals surface area contributed by atoms with Gasteiger partial charge in [0.25, 0.3) is 0 Å². The molecule has 6 heteroatoms. The Labute approximate surface area is 153 Å². The van der Waals surface area contributed by atoms with E-state index in [0.29, 0.717) is 12.6 Å². The van der Waals surface area contributed by atoms with E-state index < -0.39 is 6.04 Å². The number of likely N-dealkylation sites (N-methyl/N-ethyl adjacent to an activating group) is 1. The standard InChI is InChI=1S/C20H25FN4O/c1-3-24-19-16(12(2)23-25(19)15-6-4-5-7-15)17(18(22)20(24)26)13-8-10-14(21)11-9-13/h8-11,15,17-18H,3-7,22H2,1-2H3/t17-,18-/m0/s1. The summed E-state index contributed by atoms with van der Waals surface area (Å²) >= 11 is 0. The average Bonchev–Trinajstić information content (AvgIpc) is 3.26. The van der Waals surface area contributed by atoms with Crippen molar-refractivity contribution in [3.05, 3.63) is 46.9 Å². The number of rotatable bonds is 3. The number of amides is 1. The molecule has 0 unspecified atom stereocenters. The summed E-state index contributed by atoms with van der Waals surface area (Å²) in [6.07, 6.45) is 4.57. The van der Waals surface area contributed by atoms with Gasteiger partial charge in [-0.1, -0.05) is 25.0 Å². The van der Waals surface area contributed by atoms with E-state index in [2.05, 4.69) is 4.68 Å². The Morgan fingerprint density at radius 2 is 1.88 bits per heavy atom. The average molecular weight is 356 g/mol. The third kappa shape index (κ3) is 2.55. The summed E-state index contributed by atoms with van der Waals surface area (Å²) in [6, 6.07) is 5.95. The lowest BCUT2D eigenvalue weighted by atomic mass is 9.81. The van der Waals surface area contributed by atoms with Crippen LogP contribution in [0.15, 0.2) is 24.3 Å². The molecule has 2 aliphatic rings. The molecule has 0 saturated heterocycles. The molecule has 2 atom stereocenters. The number of anilines is 1. The molecule has 2 heterocycles. The van der Waals surface area contributed by atoms with Crippen molar-refractivity contribution < 1.29 is 9.18 Å². The number of carbonyl (C=O) groups excluding carboxylic acids is 1. The number of nitrogens with zero attached hydrogens (tertiary/aromatic N) is 3. The third-order valence-corrected chi connectivity index (χ3v) is 5.80. The number of hydrogen-bond donors (Lipinski definition) is 1. The van der Waals surface area contributed by atoms with Gasteiger partial charge in [-0.2, -0.15) is 5.10 Å². The normalized spacial score (nSPS) is 23.5. The van der Waals surface area contributed by atoms with Gasteiger partial charge in [-0.05, 0) is 44.4 Å². The summed E-state index contributed by atoms with van der Waals surface area (Å²) in [7, 11) is 0. The molecule has 1 aliphatic carbocycles. The van der Waals surface area contributed by atoms with E-state index in [-0.39, 0.29) is 17.6 Å². The van der Waals surface area contributed by atoms with Gasteiger partial charge < -0.3 is 5.73 Å².